The molecule has 464 valence electrons. The highest BCUT2D eigenvalue weighted by atomic mass is 79.9. The Morgan fingerprint density at radius 2 is 0.389 bits per heavy atom. The number of hydrogen-bond acceptors (Lipinski definition) is 6. The molecule has 95 heavy (non-hydrogen) atoms. The van der Waals surface area contributed by atoms with Crippen LogP contribution in [0.5, 0.6) is 0 Å². The molecular formula is C84H63Br2F3N6. The van der Waals surface area contributed by atoms with Gasteiger partial charge in [-0.3, -0.25) is 0 Å². The number of halogens is 5. The van der Waals surface area contributed by atoms with Crippen LogP contribution in [0.4, 0.5) is 110 Å². The maximum Gasteiger partial charge on any atom is 0.127 e. The van der Waals surface area contributed by atoms with E-state index in [1.807, 2.05) is 339 Å². The fraction of sp³-hybridized carbons (Fsp3) is 0. The van der Waals surface area contributed by atoms with Gasteiger partial charge in [-0.25, -0.2) is 13.2 Å². The molecule has 0 heterocycles. The van der Waals surface area contributed by atoms with Crippen LogP contribution in [0.2, 0.25) is 0 Å². The van der Waals surface area contributed by atoms with Crippen LogP contribution in [0.15, 0.2) is 385 Å². The summed E-state index contributed by atoms with van der Waals surface area (Å²) in [4.78, 5) is 10.3. The molecule has 0 atom stereocenters. The number of rotatable bonds is 17. The van der Waals surface area contributed by atoms with Gasteiger partial charge in [-0.05, 0) is 200 Å². The molecule has 0 aliphatic rings. The minimum absolute atomic E-state index is 0.289. The minimum Gasteiger partial charge on any atom is -0.355 e. The van der Waals surface area contributed by atoms with E-state index < -0.39 is 0 Å². The fourth-order valence-electron chi connectivity index (χ4n) is 11.2. The molecule has 0 saturated heterocycles. The van der Waals surface area contributed by atoms with Gasteiger partial charge in [-0.1, -0.05) is 208 Å². The average Bonchev–Trinajstić information content (AvgIpc) is 0.795. The van der Waals surface area contributed by atoms with Gasteiger partial charge in [0.1, 0.15) is 17.5 Å². The van der Waals surface area contributed by atoms with Gasteiger partial charge in [0.15, 0.2) is 0 Å². The third-order valence-electron chi connectivity index (χ3n) is 15.2. The first-order valence-electron chi connectivity index (χ1n) is 30.8. The van der Waals surface area contributed by atoms with Gasteiger partial charge in [-0.2, -0.15) is 0 Å². The predicted octanol–water partition coefficient (Wildman–Crippen LogP) is 26.1. The van der Waals surface area contributed by atoms with Gasteiger partial charge < -0.3 is 29.8 Å². The number of nitrogens with zero attached hydrogens (tertiary/aromatic N) is 5. The first-order chi connectivity index (χ1) is 46.7. The van der Waals surface area contributed by atoms with Crippen molar-refractivity contribution in [3.8, 4) is 0 Å². The molecule has 0 unspecified atom stereocenters. The van der Waals surface area contributed by atoms with E-state index in [9.17, 15) is 4.39 Å². The lowest BCUT2D eigenvalue weighted by Gasteiger charge is -2.31. The lowest BCUT2D eigenvalue weighted by atomic mass is 10.1. The van der Waals surface area contributed by atoms with Crippen LogP contribution < -0.4 is 29.8 Å². The van der Waals surface area contributed by atoms with Crippen molar-refractivity contribution in [3.63, 3.8) is 0 Å². The maximum atomic E-state index is 16.1. The van der Waals surface area contributed by atoms with E-state index in [1.165, 1.54) is 6.07 Å². The van der Waals surface area contributed by atoms with Crippen LogP contribution in [-0.2, 0) is 0 Å². The highest BCUT2D eigenvalue weighted by Crippen LogP contribution is 2.46. The largest absolute Gasteiger partial charge is 0.355 e. The quantitative estimate of drug-likeness (QED) is 0.0977. The summed E-state index contributed by atoms with van der Waals surface area (Å²) in [5.74, 6) is -1.05. The molecule has 14 rings (SSSR count). The topological polar surface area (TPSA) is 28.2 Å². The van der Waals surface area contributed by atoms with E-state index in [1.54, 1.807) is 30.3 Å². The van der Waals surface area contributed by atoms with Crippen LogP contribution >= 0.6 is 31.9 Å². The number of anilines is 17. The number of hydrogen-bond donors (Lipinski definition) is 1. The molecule has 0 spiro atoms. The van der Waals surface area contributed by atoms with Gasteiger partial charge in [0.05, 0.1) is 28.4 Å². The van der Waals surface area contributed by atoms with E-state index in [0.717, 1.165) is 77.2 Å². The van der Waals surface area contributed by atoms with Crippen molar-refractivity contribution in [2.45, 2.75) is 0 Å². The van der Waals surface area contributed by atoms with Crippen molar-refractivity contribution in [1.82, 2.24) is 0 Å². The van der Waals surface area contributed by atoms with Crippen LogP contribution in [0.25, 0.3) is 0 Å². The standard InChI is InChI=1S/C54H40F2N4.C24H19FN2.C6H4Br2/c55-41-34-51(57(43-20-7-1-8-21-43)44-22-9-2-10-23-44)39-53(36-41)59(47-28-15-5-16-29-47)49-32-19-33-50(38-49)60(48-30-17-6-18-31-48)54-37-42(56)35-52(40-54)58(45-24-11-3-12-25-45)46-26-13-4-14-27-46;25-19-16-21(26-20-10-4-1-5-11-20)18-24(17-19)27(22-12-6-2-7-13-22)23-14-8-3-9-15-23;7-5-2-1-3-6(8)4-5/h1-40H;1-18,26H;1-4H. The molecule has 0 radical (unpaired) electrons. The maximum absolute atomic E-state index is 16.1. The van der Waals surface area contributed by atoms with E-state index in [2.05, 4.69) is 62.8 Å². The molecule has 11 heteroatoms. The first kappa shape index (κ1) is 63.8. The van der Waals surface area contributed by atoms with Crippen molar-refractivity contribution < 1.29 is 13.2 Å². The Hall–Kier alpha value is -11.4. The Morgan fingerprint density at radius 3 is 0.653 bits per heavy atom. The summed E-state index contributed by atoms with van der Waals surface area (Å²) >= 11 is 6.66. The average molecular weight is 1370 g/mol. The van der Waals surface area contributed by atoms with E-state index >= 15 is 8.78 Å². The number of para-hydroxylation sites is 9. The van der Waals surface area contributed by atoms with Crippen LogP contribution in [-0.4, -0.2) is 0 Å². The van der Waals surface area contributed by atoms with E-state index in [-0.39, 0.29) is 17.5 Å². The van der Waals surface area contributed by atoms with Crippen molar-refractivity contribution in [1.29, 1.82) is 0 Å². The number of benzene rings is 14. The second-order valence-electron chi connectivity index (χ2n) is 21.8. The second-order valence-corrected chi connectivity index (χ2v) is 23.7. The SMILES string of the molecule is Brc1cccc(Br)c1.Fc1cc(N(c2ccccc2)c2ccccc2)cc(N(c2ccccc2)c2cccc(N(c3ccccc3)c3cc(F)cc(N(c4ccccc4)c4ccccc4)c3)c2)c1.Fc1cc(Nc2ccccc2)cc(N(c2ccccc2)c2ccccc2)c1. The molecule has 0 saturated carbocycles. The Labute approximate surface area is 570 Å². The lowest BCUT2D eigenvalue weighted by molar-refractivity contribution is 0.628. The monoisotopic (exact) mass is 1370 g/mol. The molecular weight excluding hydrogens is 1310 g/mol. The third kappa shape index (κ3) is 16.5. The zero-order valence-electron chi connectivity index (χ0n) is 51.4. The Bertz CT molecular complexity index is 4380. The zero-order chi connectivity index (χ0) is 65.1. The summed E-state index contributed by atoms with van der Waals surface area (Å²) in [6.07, 6.45) is 0. The lowest BCUT2D eigenvalue weighted by Crippen LogP contribution is -2.15. The highest BCUT2D eigenvalue weighted by molar-refractivity contribution is 9.11. The molecule has 0 fully saturated rings. The van der Waals surface area contributed by atoms with Gasteiger partial charge in [0.25, 0.3) is 0 Å². The Balaban J connectivity index is 0.000000202. The normalized spacial score (nSPS) is 10.6. The van der Waals surface area contributed by atoms with Gasteiger partial charge in [0.2, 0.25) is 0 Å². The van der Waals surface area contributed by atoms with Crippen molar-refractivity contribution in [2.24, 2.45) is 0 Å². The summed E-state index contributed by atoms with van der Waals surface area (Å²) in [7, 11) is 0. The molecule has 0 amide bonds. The third-order valence-corrected chi connectivity index (χ3v) is 16.2. The molecule has 14 aromatic rings. The number of nitrogens with one attached hydrogen (secondary N) is 1. The Morgan fingerprint density at radius 1 is 0.179 bits per heavy atom. The summed E-state index contributed by atoms with van der Waals surface area (Å²) < 4.78 is 49.0. The molecule has 0 bridgehead atoms. The van der Waals surface area contributed by atoms with Crippen molar-refractivity contribution in [3.05, 3.63) is 403 Å². The first-order valence-corrected chi connectivity index (χ1v) is 32.4. The van der Waals surface area contributed by atoms with Crippen LogP contribution in [0.1, 0.15) is 0 Å². The molecule has 1 N–H and O–H groups in total. The van der Waals surface area contributed by atoms with Crippen molar-refractivity contribution >= 4 is 129 Å². The molecule has 0 aliphatic carbocycles. The summed E-state index contributed by atoms with van der Waals surface area (Å²) in [6.45, 7) is 0. The zero-order valence-corrected chi connectivity index (χ0v) is 54.6. The van der Waals surface area contributed by atoms with Crippen LogP contribution in [0.3, 0.4) is 0 Å². The van der Waals surface area contributed by atoms with E-state index in [4.69, 9.17) is 0 Å². The van der Waals surface area contributed by atoms with Crippen molar-refractivity contribution in [2.75, 3.05) is 29.8 Å². The summed E-state index contributed by atoms with van der Waals surface area (Å²) in [5, 5.41) is 3.28. The van der Waals surface area contributed by atoms with Gasteiger partial charge in [-0.15, -0.1) is 0 Å². The minimum atomic E-state index is -0.379. The highest BCUT2D eigenvalue weighted by Gasteiger charge is 2.23. The second kappa shape index (κ2) is 31.3. The molecule has 14 aromatic carbocycles. The fourth-order valence-corrected chi connectivity index (χ4v) is 12.3. The van der Waals surface area contributed by atoms with E-state index in [0.29, 0.717) is 28.4 Å². The molecule has 6 nitrogen and oxygen atoms in total. The predicted molar refractivity (Wildman–Crippen MR) is 398 cm³/mol. The summed E-state index contributed by atoms with van der Waals surface area (Å²) in [5.41, 5.74) is 13.8. The molecule has 0 aromatic heterocycles. The smallest absolute Gasteiger partial charge is 0.127 e. The molecule has 0 aliphatic heterocycles. The van der Waals surface area contributed by atoms with Gasteiger partial charge >= 0.3 is 0 Å². The van der Waals surface area contributed by atoms with Crippen LogP contribution in [0, 0.1) is 17.5 Å². The Kier molecular flexibility index (Phi) is 21.0. The summed E-state index contributed by atoms with van der Waals surface area (Å²) in [6, 6.07) is 121. The van der Waals surface area contributed by atoms with Gasteiger partial charge in [0, 0.05) is 77.2 Å².